The van der Waals surface area contributed by atoms with Gasteiger partial charge in [-0.05, 0) is 60.5 Å². The number of aromatic nitrogens is 2. The zero-order valence-electron chi connectivity index (χ0n) is 21.3. The number of pyridine rings is 1. The standard InChI is InChI=1S/C21H18Cl2N2O6S4.C5H5N.H2/c1-2-13(7-20-24(11-34(26,27)28)16-9-14(22)3-5-18(16)32-20)8-21-25(12-35(29,30)31)17-10-15(23)4-6-19(17)33-21;1-2-4-6-5-3-1;/h3-10H,2,11-12H2,1H3,(H-,26,27,28,29,30,31);1-5H;1H. The highest BCUT2D eigenvalue weighted by atomic mass is 35.5. The van der Waals surface area contributed by atoms with Crippen molar-refractivity contribution in [3.05, 3.63) is 98.7 Å². The number of halogens is 2. The fraction of sp³-hybridized carbons (Fsp3) is 0.154. The maximum Gasteiger partial charge on any atom is 0.283 e. The summed E-state index contributed by atoms with van der Waals surface area (Å²) < 4.78 is 69.9. The van der Waals surface area contributed by atoms with E-state index in [1.165, 1.54) is 32.6 Å². The molecule has 0 spiro atoms. The molecule has 1 aliphatic heterocycles. The van der Waals surface area contributed by atoms with Gasteiger partial charge in [0.1, 0.15) is 4.70 Å². The van der Waals surface area contributed by atoms with Crippen LogP contribution in [0.25, 0.3) is 16.3 Å². The second kappa shape index (κ2) is 13.2. The number of hydrogen-bond donors (Lipinski definition) is 1. The fourth-order valence-corrected chi connectivity index (χ4v) is 7.76. The summed E-state index contributed by atoms with van der Waals surface area (Å²) in [5.74, 6) is -1.42. The van der Waals surface area contributed by atoms with Gasteiger partial charge >= 0.3 is 0 Å². The van der Waals surface area contributed by atoms with E-state index in [4.69, 9.17) is 23.2 Å². The van der Waals surface area contributed by atoms with E-state index < -0.39 is 32.0 Å². The maximum atomic E-state index is 11.7. The lowest BCUT2D eigenvalue weighted by Crippen LogP contribution is -2.39. The zero-order valence-corrected chi connectivity index (χ0v) is 26.1. The number of hydrogen-bond acceptors (Lipinski definition) is 9. The first kappa shape index (κ1) is 31.4. The molecule has 9 nitrogen and oxygen atoms in total. The molecule has 3 heterocycles. The number of fused-ring (bicyclic) bond motifs is 2. The van der Waals surface area contributed by atoms with Gasteiger partial charge in [0, 0.05) is 40.9 Å². The quantitative estimate of drug-likeness (QED) is 0.174. The average Bonchev–Trinajstić information content (AvgIpc) is 3.39. The third-order valence-corrected chi connectivity index (χ3v) is 9.41. The largest absolute Gasteiger partial charge is 0.743 e. The van der Waals surface area contributed by atoms with Crippen LogP contribution in [0, 0.1) is 0 Å². The van der Waals surface area contributed by atoms with E-state index in [1.807, 2.05) is 25.1 Å². The Kier molecular flexibility index (Phi) is 10.1. The normalized spacial score (nSPS) is 14.7. The second-order valence-electron chi connectivity index (χ2n) is 8.60. The molecule has 4 aromatic rings. The Morgan fingerprint density at radius 3 is 2.37 bits per heavy atom. The third kappa shape index (κ3) is 8.75. The minimum absolute atomic E-state index is 0. The molecule has 218 valence electrons. The van der Waals surface area contributed by atoms with Crippen LogP contribution in [0.2, 0.25) is 10.0 Å². The maximum absolute atomic E-state index is 11.7. The summed E-state index contributed by atoms with van der Waals surface area (Å²) in [6, 6.07) is 15.8. The molecule has 0 radical (unpaired) electrons. The van der Waals surface area contributed by atoms with Gasteiger partial charge in [0.15, 0.2) is 16.0 Å². The molecule has 15 heteroatoms. The van der Waals surface area contributed by atoms with E-state index in [0.717, 1.165) is 15.2 Å². The number of benzene rings is 2. The molecule has 0 saturated carbocycles. The smallest absolute Gasteiger partial charge is 0.283 e. The van der Waals surface area contributed by atoms with Crippen LogP contribution < -0.4 is 9.47 Å². The van der Waals surface area contributed by atoms with Crippen molar-refractivity contribution in [2.24, 2.45) is 0 Å². The zero-order chi connectivity index (χ0) is 29.8. The number of thiazole rings is 1. The summed E-state index contributed by atoms with van der Waals surface area (Å²) in [4.78, 5) is 6.00. The number of anilines is 1. The average molecular weight is 675 g/mol. The Labute approximate surface area is 257 Å². The summed E-state index contributed by atoms with van der Waals surface area (Å²) in [6.45, 7) is 1.89. The summed E-state index contributed by atoms with van der Waals surface area (Å²) in [5.41, 5.74) is 1.80. The van der Waals surface area contributed by atoms with Crippen LogP contribution in [-0.2, 0) is 26.1 Å². The number of thioether (sulfide) groups is 1. The van der Waals surface area contributed by atoms with Crippen LogP contribution in [0.4, 0.5) is 5.69 Å². The van der Waals surface area contributed by atoms with Gasteiger partial charge in [-0.1, -0.05) is 59.3 Å². The van der Waals surface area contributed by atoms with Gasteiger partial charge in [-0.2, -0.15) is 13.0 Å². The molecule has 1 N–H and O–H groups in total. The first-order chi connectivity index (χ1) is 19.3. The van der Waals surface area contributed by atoms with E-state index in [9.17, 15) is 25.9 Å². The molecular formula is C26H25Cl2N3O6S4. The highest BCUT2D eigenvalue weighted by molar-refractivity contribution is 8.03. The van der Waals surface area contributed by atoms with Gasteiger partial charge in [0.25, 0.3) is 15.1 Å². The van der Waals surface area contributed by atoms with Gasteiger partial charge in [0.05, 0.1) is 10.7 Å². The Morgan fingerprint density at radius 2 is 1.78 bits per heavy atom. The van der Waals surface area contributed by atoms with Crippen LogP contribution in [0.1, 0.15) is 19.8 Å². The summed E-state index contributed by atoms with van der Waals surface area (Å²) >= 11 is 14.8. The van der Waals surface area contributed by atoms with E-state index >= 15 is 0 Å². The second-order valence-corrected chi connectivity index (χ2v) is 14.4. The number of allylic oxidation sites excluding steroid dienone is 2. The van der Waals surface area contributed by atoms with Gasteiger partial charge in [-0.25, -0.2) is 8.42 Å². The Hall–Kier alpha value is -2.49. The Bertz CT molecular complexity index is 1820. The van der Waals surface area contributed by atoms with Crippen LogP contribution in [0.5, 0.6) is 0 Å². The van der Waals surface area contributed by atoms with Gasteiger partial charge < -0.3 is 9.45 Å². The highest BCUT2D eigenvalue weighted by Crippen LogP contribution is 2.47. The first-order valence-electron chi connectivity index (χ1n) is 11.9. The molecule has 0 saturated heterocycles. The van der Waals surface area contributed by atoms with Crippen LogP contribution in [-0.4, -0.2) is 36.8 Å². The SMILES string of the molecule is CCC(=Cc1sc2ccc(Cl)cc2[n+]1CS(=O)(=O)[O-])C=C1Sc2ccc(Cl)cc2N1CS(=O)(=O)O.[HH].c1ccncc1. The molecule has 0 fully saturated rings. The Balaban J connectivity index is 0.000000615. The summed E-state index contributed by atoms with van der Waals surface area (Å²) in [7, 11) is -8.95. The lowest BCUT2D eigenvalue weighted by molar-refractivity contribution is -0.649. The van der Waals surface area contributed by atoms with Gasteiger partial charge in [0.2, 0.25) is 11.4 Å². The van der Waals surface area contributed by atoms with Crippen LogP contribution >= 0.6 is 46.3 Å². The van der Waals surface area contributed by atoms with Crippen LogP contribution in [0.15, 0.2) is 88.6 Å². The molecular weight excluding hydrogens is 649 g/mol. The number of rotatable bonds is 7. The van der Waals surface area contributed by atoms with Gasteiger partial charge in [-0.15, -0.1) is 0 Å². The summed E-state index contributed by atoms with van der Waals surface area (Å²) in [6.07, 6.45) is 7.52. The summed E-state index contributed by atoms with van der Waals surface area (Å²) in [5, 5.41) is 1.88. The van der Waals surface area contributed by atoms with Crippen molar-refractivity contribution in [1.29, 1.82) is 0 Å². The molecule has 5 rings (SSSR count). The van der Waals surface area contributed by atoms with Crippen molar-refractivity contribution in [3.8, 4) is 0 Å². The molecule has 41 heavy (non-hydrogen) atoms. The molecule has 0 atom stereocenters. The highest BCUT2D eigenvalue weighted by Gasteiger charge is 2.29. The van der Waals surface area contributed by atoms with Crippen LogP contribution in [0.3, 0.4) is 0 Å². The minimum Gasteiger partial charge on any atom is -0.743 e. The predicted octanol–water partition coefficient (Wildman–Crippen LogP) is 6.42. The van der Waals surface area contributed by atoms with E-state index in [-0.39, 0.29) is 1.43 Å². The van der Waals surface area contributed by atoms with Crippen molar-refractivity contribution in [3.63, 3.8) is 0 Å². The molecule has 0 amide bonds. The molecule has 1 aliphatic rings. The number of nitrogens with zero attached hydrogens (tertiary/aromatic N) is 3. The van der Waals surface area contributed by atoms with Crippen molar-refractivity contribution in [2.75, 3.05) is 10.8 Å². The van der Waals surface area contributed by atoms with E-state index in [2.05, 4.69) is 4.98 Å². The molecule has 0 aliphatic carbocycles. The third-order valence-electron chi connectivity index (χ3n) is 5.56. The van der Waals surface area contributed by atoms with E-state index in [0.29, 0.717) is 37.7 Å². The van der Waals surface area contributed by atoms with Gasteiger partial charge in [-0.3, -0.25) is 9.54 Å². The Morgan fingerprint density at radius 1 is 1.10 bits per heavy atom. The predicted molar refractivity (Wildman–Crippen MR) is 166 cm³/mol. The minimum atomic E-state index is -4.60. The van der Waals surface area contributed by atoms with Crippen molar-refractivity contribution >= 4 is 88.5 Å². The van der Waals surface area contributed by atoms with E-state index in [1.54, 1.807) is 60.9 Å². The lowest BCUT2D eigenvalue weighted by atomic mass is 10.2. The molecule has 0 unspecified atom stereocenters. The monoisotopic (exact) mass is 673 g/mol. The van der Waals surface area contributed by atoms with Crippen molar-refractivity contribution < 1.29 is 31.9 Å². The lowest BCUT2D eigenvalue weighted by Gasteiger charge is -2.19. The molecule has 0 bridgehead atoms. The molecule has 2 aromatic carbocycles. The van der Waals surface area contributed by atoms with Crippen molar-refractivity contribution in [1.82, 2.24) is 4.98 Å². The van der Waals surface area contributed by atoms with Crippen molar-refractivity contribution in [2.45, 2.75) is 24.1 Å². The molecule has 2 aromatic heterocycles. The first-order valence-corrected chi connectivity index (χ1v) is 17.4. The fourth-order valence-electron chi connectivity index (χ4n) is 3.83. The topological polar surface area (TPSA) is 132 Å².